The van der Waals surface area contributed by atoms with Crippen LogP contribution in [0.5, 0.6) is 11.6 Å². The summed E-state index contributed by atoms with van der Waals surface area (Å²) < 4.78 is 44.7. The molecular formula is C22H20F3N5O4. The number of nitrogens with one attached hydrogen (secondary N) is 3. The van der Waals surface area contributed by atoms with E-state index in [0.29, 0.717) is 11.4 Å². The summed E-state index contributed by atoms with van der Waals surface area (Å²) in [7, 11) is 0. The topological polar surface area (TPSA) is 125 Å². The van der Waals surface area contributed by atoms with Gasteiger partial charge in [-0.3, -0.25) is 4.79 Å². The number of carbonyl (C=O) groups excluding carboxylic acids is 1. The van der Waals surface area contributed by atoms with Crippen molar-refractivity contribution >= 4 is 29.2 Å². The average molecular weight is 475 g/mol. The van der Waals surface area contributed by atoms with Crippen LogP contribution in [-0.4, -0.2) is 33.1 Å². The second-order valence-corrected chi connectivity index (χ2v) is 7.18. The highest BCUT2D eigenvalue weighted by atomic mass is 19.4. The highest BCUT2D eigenvalue weighted by Gasteiger charge is 2.32. The maximum Gasteiger partial charge on any atom is 0.416 e. The predicted octanol–water partition coefficient (Wildman–Crippen LogP) is 5.13. The van der Waals surface area contributed by atoms with E-state index in [1.165, 1.54) is 50.5 Å². The number of halogens is 3. The zero-order valence-electron chi connectivity index (χ0n) is 18.0. The van der Waals surface area contributed by atoms with Crippen molar-refractivity contribution in [2.75, 3.05) is 16.0 Å². The van der Waals surface area contributed by atoms with Gasteiger partial charge in [-0.15, -0.1) is 0 Å². The number of nitrogens with zero attached hydrogens (tertiary/aromatic N) is 2. The number of carbonyl (C=O) groups is 2. The van der Waals surface area contributed by atoms with E-state index in [-0.39, 0.29) is 22.9 Å². The zero-order valence-corrected chi connectivity index (χ0v) is 18.0. The third-order valence-electron chi connectivity index (χ3n) is 4.51. The van der Waals surface area contributed by atoms with E-state index >= 15 is 0 Å². The van der Waals surface area contributed by atoms with Crippen LogP contribution in [-0.2, 0) is 11.0 Å². The molecule has 2 amide bonds. The molecule has 3 aromatic rings. The number of benzene rings is 2. The van der Waals surface area contributed by atoms with Crippen LogP contribution in [0.1, 0.15) is 18.1 Å². The van der Waals surface area contributed by atoms with Gasteiger partial charge in [-0.2, -0.15) is 13.2 Å². The lowest BCUT2D eigenvalue weighted by atomic mass is 10.1. The first-order valence-corrected chi connectivity index (χ1v) is 9.86. The molecular weight excluding hydrogens is 455 g/mol. The fourth-order valence-corrected chi connectivity index (χ4v) is 2.78. The van der Waals surface area contributed by atoms with Crippen molar-refractivity contribution in [3.05, 3.63) is 66.0 Å². The average Bonchev–Trinajstić information content (AvgIpc) is 2.76. The number of aryl methyl sites for hydroxylation is 1. The van der Waals surface area contributed by atoms with Gasteiger partial charge < -0.3 is 25.8 Å². The van der Waals surface area contributed by atoms with Crippen molar-refractivity contribution in [3.8, 4) is 11.6 Å². The second kappa shape index (κ2) is 10.1. The number of ether oxygens (including phenoxy) is 1. The van der Waals surface area contributed by atoms with Crippen molar-refractivity contribution in [2.45, 2.75) is 26.1 Å². The van der Waals surface area contributed by atoms with Gasteiger partial charge >= 0.3 is 18.2 Å². The zero-order chi connectivity index (χ0) is 24.9. The summed E-state index contributed by atoms with van der Waals surface area (Å²) in [6.45, 7) is 2.80. The Morgan fingerprint density at radius 1 is 1.00 bits per heavy atom. The molecule has 0 aliphatic heterocycles. The van der Waals surface area contributed by atoms with Crippen LogP contribution >= 0.6 is 0 Å². The molecule has 12 heteroatoms. The first-order valence-electron chi connectivity index (χ1n) is 9.86. The van der Waals surface area contributed by atoms with Crippen LogP contribution in [0.25, 0.3) is 0 Å². The highest BCUT2D eigenvalue weighted by Crippen LogP contribution is 2.33. The maximum atomic E-state index is 13.0. The predicted molar refractivity (Wildman–Crippen MR) is 118 cm³/mol. The Balaban J connectivity index is 1.60. The molecule has 0 bridgehead atoms. The number of hydrogen-bond donors (Lipinski definition) is 4. The molecule has 0 aliphatic rings. The van der Waals surface area contributed by atoms with Crippen molar-refractivity contribution in [1.29, 1.82) is 0 Å². The van der Waals surface area contributed by atoms with Gasteiger partial charge in [-0.25, -0.2) is 14.8 Å². The van der Waals surface area contributed by atoms with E-state index in [9.17, 15) is 22.8 Å². The van der Waals surface area contributed by atoms with Crippen molar-refractivity contribution in [3.63, 3.8) is 0 Å². The lowest BCUT2D eigenvalue weighted by molar-refractivity contribution is -0.138. The van der Waals surface area contributed by atoms with E-state index in [1.54, 1.807) is 12.1 Å². The SMILES string of the molecule is Cc1ccc(NC(=O)Nc2ccc(Oc3cc(N[C@@H](C)C(=O)O)ncn3)cc2)cc1C(F)(F)F. The van der Waals surface area contributed by atoms with Gasteiger partial charge in [0.1, 0.15) is 23.9 Å². The van der Waals surface area contributed by atoms with Crippen molar-refractivity contribution in [2.24, 2.45) is 0 Å². The van der Waals surface area contributed by atoms with Gasteiger partial charge in [0.15, 0.2) is 0 Å². The van der Waals surface area contributed by atoms with Crippen LogP contribution in [0.3, 0.4) is 0 Å². The number of carboxylic acids is 1. The molecule has 34 heavy (non-hydrogen) atoms. The summed E-state index contributed by atoms with van der Waals surface area (Å²) in [5.74, 6) is -0.250. The Hall–Kier alpha value is -4.35. The van der Waals surface area contributed by atoms with Gasteiger partial charge in [-0.1, -0.05) is 6.07 Å². The van der Waals surface area contributed by atoms with Crippen LogP contribution < -0.4 is 20.7 Å². The number of amides is 2. The van der Waals surface area contributed by atoms with E-state index < -0.39 is 29.8 Å². The summed E-state index contributed by atoms with van der Waals surface area (Å²) in [6.07, 6.45) is -3.31. The third kappa shape index (κ3) is 6.58. The number of aliphatic carboxylic acids is 1. The summed E-state index contributed by atoms with van der Waals surface area (Å²) in [5.41, 5.74) is -0.404. The lowest BCUT2D eigenvalue weighted by Crippen LogP contribution is -2.25. The minimum absolute atomic E-state index is 0.000713. The fraction of sp³-hybridized carbons (Fsp3) is 0.182. The monoisotopic (exact) mass is 475 g/mol. The number of rotatable bonds is 7. The second-order valence-electron chi connectivity index (χ2n) is 7.18. The minimum atomic E-state index is -4.52. The summed E-state index contributed by atoms with van der Waals surface area (Å²) >= 11 is 0. The smallest absolute Gasteiger partial charge is 0.416 e. The van der Waals surface area contributed by atoms with Gasteiger partial charge in [0.2, 0.25) is 5.88 Å². The molecule has 0 spiro atoms. The maximum absolute atomic E-state index is 13.0. The van der Waals surface area contributed by atoms with E-state index in [2.05, 4.69) is 25.9 Å². The number of alkyl halides is 3. The van der Waals surface area contributed by atoms with E-state index in [0.717, 1.165) is 6.07 Å². The molecule has 1 atom stereocenters. The Kier molecular flexibility index (Phi) is 7.19. The highest BCUT2D eigenvalue weighted by molar-refractivity contribution is 5.99. The van der Waals surface area contributed by atoms with Crippen LogP contribution in [0.15, 0.2) is 54.9 Å². The molecule has 0 saturated heterocycles. The summed E-state index contributed by atoms with van der Waals surface area (Å²) in [4.78, 5) is 31.0. The fourth-order valence-electron chi connectivity index (χ4n) is 2.78. The van der Waals surface area contributed by atoms with Gasteiger partial charge in [0.25, 0.3) is 0 Å². The molecule has 178 valence electrons. The molecule has 9 nitrogen and oxygen atoms in total. The van der Waals surface area contributed by atoms with Crippen LogP contribution in [0, 0.1) is 6.92 Å². The Bertz CT molecular complexity index is 1190. The molecule has 0 radical (unpaired) electrons. The molecule has 0 fully saturated rings. The molecule has 0 aliphatic carbocycles. The van der Waals surface area contributed by atoms with Gasteiger partial charge in [-0.05, 0) is 55.8 Å². The Morgan fingerprint density at radius 3 is 2.29 bits per heavy atom. The first-order chi connectivity index (χ1) is 16.0. The molecule has 2 aromatic carbocycles. The standard InChI is InChI=1S/C22H20F3N5O4/c1-12-3-4-15(9-17(12)22(23,24)25)30-21(33)29-14-5-7-16(8-6-14)34-19-10-18(26-11-27-19)28-13(2)20(31)32/h3-11,13H,1-2H3,(H,31,32)(H,26,27,28)(H2,29,30,33)/t13-/m0/s1. The lowest BCUT2D eigenvalue weighted by Gasteiger charge is -2.13. The number of hydrogen-bond acceptors (Lipinski definition) is 6. The Morgan fingerprint density at radius 2 is 1.65 bits per heavy atom. The normalized spacial score (nSPS) is 11.9. The number of carboxylic acid groups (broad SMARTS) is 1. The van der Waals surface area contributed by atoms with E-state index in [1.807, 2.05) is 0 Å². The Labute approximate surface area is 192 Å². The molecule has 1 aromatic heterocycles. The van der Waals surface area contributed by atoms with E-state index in [4.69, 9.17) is 9.84 Å². The summed E-state index contributed by atoms with van der Waals surface area (Å²) in [6, 6.07) is 9.50. The van der Waals surface area contributed by atoms with Gasteiger partial charge in [0.05, 0.1) is 5.56 Å². The minimum Gasteiger partial charge on any atom is -0.480 e. The first kappa shape index (κ1) is 24.3. The molecule has 4 N–H and O–H groups in total. The molecule has 0 unspecified atom stereocenters. The summed E-state index contributed by atoms with van der Waals surface area (Å²) in [5, 5.41) is 16.5. The van der Waals surface area contributed by atoms with Crippen LogP contribution in [0.4, 0.5) is 35.2 Å². The number of aromatic nitrogens is 2. The molecule has 0 saturated carbocycles. The number of anilines is 3. The van der Waals surface area contributed by atoms with Crippen molar-refractivity contribution < 1.29 is 32.6 Å². The molecule has 1 heterocycles. The number of urea groups is 1. The quantitative estimate of drug-likeness (QED) is 0.373. The van der Waals surface area contributed by atoms with Crippen LogP contribution in [0.2, 0.25) is 0 Å². The molecule has 3 rings (SSSR count). The third-order valence-corrected chi connectivity index (χ3v) is 4.51. The van der Waals surface area contributed by atoms with Gasteiger partial charge in [0, 0.05) is 17.4 Å². The van der Waals surface area contributed by atoms with Crippen molar-refractivity contribution in [1.82, 2.24) is 9.97 Å². The largest absolute Gasteiger partial charge is 0.480 e.